The molecule has 13 heavy (non-hydrogen) atoms. The van der Waals surface area contributed by atoms with Gasteiger partial charge in [-0.05, 0) is 51.1 Å². The van der Waals surface area contributed by atoms with Crippen LogP contribution in [0.5, 0.6) is 0 Å². The average Bonchev–Trinajstić information content (AvgIpc) is 2.82. The Bertz CT molecular complexity index is 145. The molecular formula is C12H22N. The highest BCUT2D eigenvalue weighted by Crippen LogP contribution is 2.38. The Hall–Kier alpha value is -0.0400. The number of unbranched alkanes of at least 4 members (excludes halogenated alkanes) is 1. The molecule has 1 nitrogen and oxygen atoms in total. The Morgan fingerprint density at radius 3 is 2.46 bits per heavy atom. The summed E-state index contributed by atoms with van der Waals surface area (Å²) in [7, 11) is 0. The summed E-state index contributed by atoms with van der Waals surface area (Å²) in [5.41, 5.74) is 0. The molecule has 0 aromatic carbocycles. The van der Waals surface area contributed by atoms with E-state index in [9.17, 15) is 0 Å². The van der Waals surface area contributed by atoms with E-state index in [0.29, 0.717) is 0 Å². The van der Waals surface area contributed by atoms with Gasteiger partial charge in [0.25, 0.3) is 0 Å². The number of hydrogen-bond donors (Lipinski definition) is 0. The van der Waals surface area contributed by atoms with E-state index in [1.165, 1.54) is 51.6 Å². The van der Waals surface area contributed by atoms with E-state index < -0.39 is 0 Å². The van der Waals surface area contributed by atoms with E-state index in [1.807, 2.05) is 0 Å². The zero-order chi connectivity index (χ0) is 9.10. The largest absolute Gasteiger partial charge is 0.300 e. The van der Waals surface area contributed by atoms with Crippen LogP contribution < -0.4 is 0 Å². The molecule has 1 saturated carbocycles. The zero-order valence-corrected chi connectivity index (χ0v) is 8.67. The smallest absolute Gasteiger partial charge is 0.0123 e. The highest BCUT2D eigenvalue weighted by atomic mass is 15.2. The minimum atomic E-state index is 0.934. The first-order valence-corrected chi connectivity index (χ1v) is 5.95. The molecule has 0 N–H and O–H groups in total. The van der Waals surface area contributed by atoms with E-state index in [0.717, 1.165) is 18.4 Å². The van der Waals surface area contributed by atoms with E-state index in [1.54, 1.807) is 0 Å². The zero-order valence-electron chi connectivity index (χ0n) is 8.67. The van der Waals surface area contributed by atoms with E-state index in [2.05, 4.69) is 11.8 Å². The van der Waals surface area contributed by atoms with Crippen molar-refractivity contribution in [2.75, 3.05) is 13.1 Å². The molecule has 0 amide bonds. The normalized spacial score (nSPS) is 26.5. The summed E-state index contributed by atoms with van der Waals surface area (Å²) in [5, 5.41) is 0. The Morgan fingerprint density at radius 2 is 1.92 bits per heavy atom. The molecule has 1 heteroatoms. The van der Waals surface area contributed by atoms with Crippen LogP contribution in [0.2, 0.25) is 0 Å². The van der Waals surface area contributed by atoms with E-state index >= 15 is 0 Å². The monoisotopic (exact) mass is 180 g/mol. The van der Waals surface area contributed by atoms with Gasteiger partial charge in [0.2, 0.25) is 0 Å². The van der Waals surface area contributed by atoms with Crippen LogP contribution in [-0.2, 0) is 0 Å². The van der Waals surface area contributed by atoms with Crippen LogP contribution >= 0.6 is 0 Å². The Balaban J connectivity index is 1.80. The Labute approximate surface area is 82.5 Å². The van der Waals surface area contributed by atoms with Crippen LogP contribution in [-0.4, -0.2) is 24.0 Å². The second-order valence-corrected chi connectivity index (χ2v) is 4.64. The lowest BCUT2D eigenvalue weighted by atomic mass is 10.0. The summed E-state index contributed by atoms with van der Waals surface area (Å²) in [6.07, 6.45) is 9.74. The van der Waals surface area contributed by atoms with Crippen molar-refractivity contribution >= 4 is 0 Å². The van der Waals surface area contributed by atoms with Gasteiger partial charge in [0.1, 0.15) is 0 Å². The molecule has 1 heterocycles. The lowest BCUT2D eigenvalue weighted by molar-refractivity contribution is 0.204. The van der Waals surface area contributed by atoms with Crippen molar-refractivity contribution in [2.24, 2.45) is 5.92 Å². The molecule has 0 aromatic heterocycles. The standard InChI is InChI=1S/C12H22N/c1-2-3-6-12(11-7-8-11)13-9-4-5-10-13/h11-12H,1-10H2. The fourth-order valence-electron chi connectivity index (χ4n) is 2.62. The molecule has 2 aliphatic rings. The van der Waals surface area contributed by atoms with Crippen molar-refractivity contribution in [2.45, 2.75) is 51.0 Å². The highest BCUT2D eigenvalue weighted by molar-refractivity contribution is 4.89. The second-order valence-electron chi connectivity index (χ2n) is 4.64. The summed E-state index contributed by atoms with van der Waals surface area (Å²) in [6.45, 7) is 6.69. The van der Waals surface area contributed by atoms with Crippen LogP contribution in [0.15, 0.2) is 0 Å². The van der Waals surface area contributed by atoms with Crippen LogP contribution in [0.4, 0.5) is 0 Å². The molecule has 1 radical (unpaired) electrons. The lowest BCUT2D eigenvalue weighted by Crippen LogP contribution is -2.34. The van der Waals surface area contributed by atoms with Crippen molar-refractivity contribution < 1.29 is 0 Å². The second kappa shape index (κ2) is 4.45. The molecule has 0 aromatic rings. The molecule has 2 fully saturated rings. The van der Waals surface area contributed by atoms with Crippen LogP contribution in [0.25, 0.3) is 0 Å². The molecule has 1 atom stereocenters. The van der Waals surface area contributed by atoms with Crippen molar-refractivity contribution in [3.8, 4) is 0 Å². The topological polar surface area (TPSA) is 3.24 Å². The van der Waals surface area contributed by atoms with Crippen LogP contribution in [0, 0.1) is 12.8 Å². The van der Waals surface area contributed by atoms with E-state index in [4.69, 9.17) is 0 Å². The number of rotatable bonds is 5. The van der Waals surface area contributed by atoms with Crippen molar-refractivity contribution in [3.63, 3.8) is 0 Å². The van der Waals surface area contributed by atoms with Crippen molar-refractivity contribution in [1.82, 2.24) is 4.90 Å². The van der Waals surface area contributed by atoms with Gasteiger partial charge in [0.15, 0.2) is 0 Å². The fraction of sp³-hybridized carbons (Fsp3) is 0.917. The first-order chi connectivity index (χ1) is 6.42. The van der Waals surface area contributed by atoms with Gasteiger partial charge in [-0.15, -0.1) is 0 Å². The van der Waals surface area contributed by atoms with Crippen molar-refractivity contribution in [1.29, 1.82) is 0 Å². The Kier molecular flexibility index (Phi) is 3.26. The maximum absolute atomic E-state index is 3.95. The molecule has 1 saturated heterocycles. The highest BCUT2D eigenvalue weighted by Gasteiger charge is 2.35. The maximum Gasteiger partial charge on any atom is 0.0123 e. The van der Waals surface area contributed by atoms with Crippen LogP contribution in [0.3, 0.4) is 0 Å². The van der Waals surface area contributed by atoms with Gasteiger partial charge in [-0.2, -0.15) is 0 Å². The molecule has 1 unspecified atom stereocenters. The van der Waals surface area contributed by atoms with Gasteiger partial charge in [-0.1, -0.05) is 19.8 Å². The molecule has 0 spiro atoms. The minimum Gasteiger partial charge on any atom is -0.300 e. The van der Waals surface area contributed by atoms with Gasteiger partial charge in [0, 0.05) is 6.04 Å². The van der Waals surface area contributed by atoms with Gasteiger partial charge in [-0.25, -0.2) is 0 Å². The molecule has 1 aliphatic carbocycles. The van der Waals surface area contributed by atoms with Gasteiger partial charge in [0.05, 0.1) is 0 Å². The van der Waals surface area contributed by atoms with Gasteiger partial charge >= 0.3 is 0 Å². The quantitative estimate of drug-likeness (QED) is 0.629. The molecule has 1 aliphatic heterocycles. The third kappa shape index (κ3) is 2.46. The summed E-state index contributed by atoms with van der Waals surface area (Å²) in [4.78, 5) is 2.74. The third-order valence-electron chi connectivity index (χ3n) is 3.53. The minimum absolute atomic E-state index is 0.934. The average molecular weight is 180 g/mol. The molecule has 0 bridgehead atoms. The van der Waals surface area contributed by atoms with Crippen molar-refractivity contribution in [3.05, 3.63) is 6.92 Å². The molecule has 2 rings (SSSR count). The molecular weight excluding hydrogens is 158 g/mol. The fourth-order valence-corrected chi connectivity index (χ4v) is 2.62. The third-order valence-corrected chi connectivity index (χ3v) is 3.53. The summed E-state index contributed by atoms with van der Waals surface area (Å²) in [5.74, 6) is 1.06. The van der Waals surface area contributed by atoms with E-state index in [-0.39, 0.29) is 0 Å². The molecule has 75 valence electrons. The van der Waals surface area contributed by atoms with Crippen LogP contribution in [0.1, 0.15) is 44.9 Å². The summed E-state index contributed by atoms with van der Waals surface area (Å²) in [6, 6.07) is 0.934. The predicted octanol–water partition coefficient (Wildman–Crippen LogP) is 2.87. The summed E-state index contributed by atoms with van der Waals surface area (Å²) < 4.78 is 0. The number of nitrogens with zero attached hydrogens (tertiary/aromatic N) is 1. The van der Waals surface area contributed by atoms with Gasteiger partial charge < -0.3 is 4.90 Å². The maximum atomic E-state index is 3.95. The lowest BCUT2D eigenvalue weighted by Gasteiger charge is -2.27. The number of hydrogen-bond acceptors (Lipinski definition) is 1. The number of likely N-dealkylation sites (tertiary alicyclic amines) is 1. The van der Waals surface area contributed by atoms with Gasteiger partial charge in [-0.3, -0.25) is 0 Å². The SMILES string of the molecule is [CH2]CCCC(C1CC1)N1CCCC1. The summed E-state index contributed by atoms with van der Waals surface area (Å²) >= 11 is 0. The predicted molar refractivity (Wildman–Crippen MR) is 56.5 cm³/mol. The Morgan fingerprint density at radius 1 is 1.23 bits per heavy atom. The first-order valence-electron chi connectivity index (χ1n) is 5.95. The first kappa shape index (κ1) is 9.51.